The van der Waals surface area contributed by atoms with Gasteiger partial charge in [0.05, 0.1) is 11.7 Å². The van der Waals surface area contributed by atoms with Gasteiger partial charge < -0.3 is 9.30 Å². The SMILES string of the molecule is Cc1cccc2c1ccn2CC1CCC2(CCCC2)O1. The van der Waals surface area contributed by atoms with Crippen LogP contribution in [0.5, 0.6) is 0 Å². The van der Waals surface area contributed by atoms with Crippen LogP contribution in [-0.4, -0.2) is 16.3 Å². The van der Waals surface area contributed by atoms with E-state index >= 15 is 0 Å². The van der Waals surface area contributed by atoms with Gasteiger partial charge >= 0.3 is 0 Å². The first-order valence-corrected chi connectivity index (χ1v) is 7.98. The number of aryl methyl sites for hydroxylation is 1. The van der Waals surface area contributed by atoms with Crippen molar-refractivity contribution >= 4 is 10.9 Å². The molecule has 1 saturated carbocycles. The van der Waals surface area contributed by atoms with Crippen LogP contribution in [0.15, 0.2) is 30.5 Å². The summed E-state index contributed by atoms with van der Waals surface area (Å²) in [5, 5.41) is 1.38. The largest absolute Gasteiger partial charge is 0.370 e. The zero-order valence-corrected chi connectivity index (χ0v) is 12.3. The minimum atomic E-state index is 0.254. The summed E-state index contributed by atoms with van der Waals surface area (Å²) < 4.78 is 8.82. The third-order valence-corrected chi connectivity index (χ3v) is 5.29. The van der Waals surface area contributed by atoms with Crippen molar-refractivity contribution in [1.29, 1.82) is 0 Å². The molecule has 2 fully saturated rings. The molecule has 0 amide bonds. The van der Waals surface area contributed by atoms with Crippen LogP contribution < -0.4 is 0 Å². The smallest absolute Gasteiger partial charge is 0.0762 e. The maximum Gasteiger partial charge on any atom is 0.0762 e. The molecule has 1 aliphatic carbocycles. The van der Waals surface area contributed by atoms with Gasteiger partial charge in [0.15, 0.2) is 0 Å². The molecule has 2 heterocycles. The number of fused-ring (bicyclic) bond motifs is 1. The summed E-state index contributed by atoms with van der Waals surface area (Å²) in [5.74, 6) is 0. The number of hydrogen-bond acceptors (Lipinski definition) is 1. The number of nitrogens with zero attached hydrogens (tertiary/aromatic N) is 1. The summed E-state index contributed by atoms with van der Waals surface area (Å²) in [6.45, 7) is 3.20. The average molecular weight is 269 g/mol. The topological polar surface area (TPSA) is 14.2 Å². The summed E-state index contributed by atoms with van der Waals surface area (Å²) in [5.41, 5.74) is 2.96. The Morgan fingerprint density at radius 3 is 2.90 bits per heavy atom. The van der Waals surface area contributed by atoms with Crippen LogP contribution >= 0.6 is 0 Å². The molecule has 2 heteroatoms. The lowest BCUT2D eigenvalue weighted by atomic mass is 9.98. The van der Waals surface area contributed by atoms with Gasteiger partial charge in [-0.05, 0) is 50.3 Å². The molecule has 1 saturated heterocycles. The lowest BCUT2D eigenvalue weighted by Gasteiger charge is -2.24. The zero-order valence-electron chi connectivity index (χ0n) is 12.3. The molecule has 1 aromatic heterocycles. The molecule has 2 nitrogen and oxygen atoms in total. The van der Waals surface area contributed by atoms with Gasteiger partial charge in [0.2, 0.25) is 0 Å². The molecule has 1 unspecified atom stereocenters. The second-order valence-electron chi connectivity index (χ2n) is 6.64. The summed E-state index contributed by atoms with van der Waals surface area (Å²) >= 11 is 0. The average Bonchev–Trinajstić information content (AvgIpc) is 3.15. The third kappa shape index (κ3) is 1.98. The highest BCUT2D eigenvalue weighted by Crippen LogP contribution is 2.43. The van der Waals surface area contributed by atoms with Gasteiger partial charge in [-0.2, -0.15) is 0 Å². The van der Waals surface area contributed by atoms with Crippen molar-refractivity contribution < 1.29 is 4.74 Å². The van der Waals surface area contributed by atoms with Gasteiger partial charge in [-0.3, -0.25) is 0 Å². The molecule has 1 aliphatic heterocycles. The molecule has 0 N–H and O–H groups in total. The number of benzene rings is 1. The molecular weight excluding hydrogens is 246 g/mol. The minimum absolute atomic E-state index is 0.254. The highest BCUT2D eigenvalue weighted by molar-refractivity contribution is 5.83. The Labute approximate surface area is 120 Å². The van der Waals surface area contributed by atoms with Crippen molar-refractivity contribution in [2.24, 2.45) is 0 Å². The van der Waals surface area contributed by atoms with Crippen LogP contribution in [0.3, 0.4) is 0 Å². The monoisotopic (exact) mass is 269 g/mol. The van der Waals surface area contributed by atoms with E-state index < -0.39 is 0 Å². The summed E-state index contributed by atoms with van der Waals surface area (Å²) in [4.78, 5) is 0. The normalized spacial score (nSPS) is 24.9. The van der Waals surface area contributed by atoms with Gasteiger partial charge in [0, 0.05) is 23.6 Å². The molecule has 1 spiro atoms. The summed E-state index contributed by atoms with van der Waals surface area (Å²) in [6, 6.07) is 8.81. The Morgan fingerprint density at radius 1 is 1.20 bits per heavy atom. The number of hydrogen-bond donors (Lipinski definition) is 0. The predicted molar refractivity (Wildman–Crippen MR) is 82.0 cm³/mol. The maximum atomic E-state index is 6.44. The molecule has 2 aromatic rings. The fraction of sp³-hybridized carbons (Fsp3) is 0.556. The number of rotatable bonds is 2. The van der Waals surface area contributed by atoms with E-state index in [1.54, 1.807) is 0 Å². The molecule has 1 atom stereocenters. The molecule has 1 aromatic carbocycles. The lowest BCUT2D eigenvalue weighted by Crippen LogP contribution is -2.26. The van der Waals surface area contributed by atoms with E-state index in [0.29, 0.717) is 6.10 Å². The fourth-order valence-corrected chi connectivity index (χ4v) is 4.17. The predicted octanol–water partition coefficient (Wildman–Crippen LogP) is 4.44. The van der Waals surface area contributed by atoms with E-state index in [9.17, 15) is 0 Å². The standard InChI is InChI=1S/C18H23NO/c1-14-5-4-6-17-16(14)8-12-19(17)13-15-7-11-18(20-15)9-2-3-10-18/h4-6,8,12,15H,2-3,7,9-11,13H2,1H3. The third-order valence-electron chi connectivity index (χ3n) is 5.29. The Kier molecular flexibility index (Phi) is 2.88. The first-order valence-electron chi connectivity index (χ1n) is 7.98. The maximum absolute atomic E-state index is 6.44. The van der Waals surface area contributed by atoms with E-state index in [2.05, 4.69) is 42.0 Å². The first kappa shape index (κ1) is 12.5. The molecule has 20 heavy (non-hydrogen) atoms. The van der Waals surface area contributed by atoms with E-state index in [1.165, 1.54) is 55.0 Å². The highest BCUT2D eigenvalue weighted by atomic mass is 16.5. The van der Waals surface area contributed by atoms with Crippen molar-refractivity contribution in [3.8, 4) is 0 Å². The van der Waals surface area contributed by atoms with Gasteiger partial charge in [-0.1, -0.05) is 25.0 Å². The molecule has 106 valence electrons. The Morgan fingerprint density at radius 2 is 2.05 bits per heavy atom. The van der Waals surface area contributed by atoms with Gasteiger partial charge in [0.25, 0.3) is 0 Å². The molecule has 0 radical (unpaired) electrons. The quantitative estimate of drug-likeness (QED) is 0.786. The van der Waals surface area contributed by atoms with Gasteiger partial charge in [-0.15, -0.1) is 0 Å². The fourth-order valence-electron chi connectivity index (χ4n) is 4.17. The molecule has 2 aliphatic rings. The van der Waals surface area contributed by atoms with Gasteiger partial charge in [0.1, 0.15) is 0 Å². The van der Waals surface area contributed by atoms with Crippen molar-refractivity contribution in [3.05, 3.63) is 36.0 Å². The van der Waals surface area contributed by atoms with Crippen LogP contribution in [0, 0.1) is 6.92 Å². The Balaban J connectivity index is 1.55. The van der Waals surface area contributed by atoms with Crippen LogP contribution in [0.1, 0.15) is 44.1 Å². The second-order valence-corrected chi connectivity index (χ2v) is 6.64. The van der Waals surface area contributed by atoms with E-state index in [4.69, 9.17) is 4.74 Å². The lowest BCUT2D eigenvalue weighted by molar-refractivity contribution is -0.0414. The second kappa shape index (κ2) is 4.63. The van der Waals surface area contributed by atoms with E-state index in [1.807, 2.05) is 0 Å². The van der Waals surface area contributed by atoms with E-state index in [-0.39, 0.29) is 5.60 Å². The summed E-state index contributed by atoms with van der Waals surface area (Å²) in [7, 11) is 0. The van der Waals surface area contributed by atoms with Crippen molar-refractivity contribution in [2.75, 3.05) is 0 Å². The molecular formula is C18H23NO. The van der Waals surface area contributed by atoms with Crippen LogP contribution in [0.2, 0.25) is 0 Å². The Bertz CT molecular complexity index is 621. The number of ether oxygens (including phenoxy) is 1. The molecule has 0 bridgehead atoms. The first-order chi connectivity index (χ1) is 9.76. The number of aromatic nitrogens is 1. The Hall–Kier alpha value is -1.28. The van der Waals surface area contributed by atoms with Crippen molar-refractivity contribution in [3.63, 3.8) is 0 Å². The van der Waals surface area contributed by atoms with E-state index in [0.717, 1.165) is 6.54 Å². The van der Waals surface area contributed by atoms with Gasteiger partial charge in [-0.25, -0.2) is 0 Å². The van der Waals surface area contributed by atoms with Crippen molar-refractivity contribution in [2.45, 2.75) is 63.7 Å². The summed E-state index contributed by atoms with van der Waals surface area (Å²) in [6.07, 6.45) is 10.4. The molecule has 4 rings (SSSR count). The van der Waals surface area contributed by atoms with Crippen LogP contribution in [-0.2, 0) is 11.3 Å². The minimum Gasteiger partial charge on any atom is -0.370 e. The van der Waals surface area contributed by atoms with Crippen LogP contribution in [0.4, 0.5) is 0 Å². The highest BCUT2D eigenvalue weighted by Gasteiger charge is 2.42. The van der Waals surface area contributed by atoms with Crippen molar-refractivity contribution in [1.82, 2.24) is 4.57 Å². The van der Waals surface area contributed by atoms with Crippen LogP contribution in [0.25, 0.3) is 10.9 Å². The zero-order chi connectivity index (χ0) is 13.6.